The summed E-state index contributed by atoms with van der Waals surface area (Å²) >= 11 is 0. The van der Waals surface area contributed by atoms with E-state index in [1.165, 1.54) is 4.90 Å². The van der Waals surface area contributed by atoms with Gasteiger partial charge < -0.3 is 20.3 Å². The van der Waals surface area contributed by atoms with Gasteiger partial charge in [-0.2, -0.15) is 0 Å². The Bertz CT molecular complexity index is 657. The van der Waals surface area contributed by atoms with Crippen LogP contribution in [0.3, 0.4) is 0 Å². The van der Waals surface area contributed by atoms with Gasteiger partial charge in [0.1, 0.15) is 5.82 Å². The summed E-state index contributed by atoms with van der Waals surface area (Å²) in [5.41, 5.74) is 8.10. The molecular formula is C15H20N4O2. The number of carbonyl (C=O) groups is 1. The average Bonchev–Trinajstić information content (AvgIpc) is 2.87. The van der Waals surface area contributed by atoms with Gasteiger partial charge in [-0.3, -0.25) is 0 Å². The normalized spacial score (nSPS) is 18.1. The number of hydrogen-bond donors (Lipinski definition) is 2. The molecule has 1 atom stereocenters. The van der Waals surface area contributed by atoms with Gasteiger partial charge >= 0.3 is 6.09 Å². The third kappa shape index (κ3) is 2.47. The highest BCUT2D eigenvalue weighted by Crippen LogP contribution is 2.30. The number of carboxylic acid groups (broad SMARTS) is 1. The quantitative estimate of drug-likeness (QED) is 0.888. The topological polar surface area (TPSA) is 84.4 Å². The minimum atomic E-state index is -0.837. The van der Waals surface area contributed by atoms with Gasteiger partial charge in [-0.05, 0) is 31.9 Å². The van der Waals surface area contributed by atoms with Gasteiger partial charge in [0, 0.05) is 19.1 Å². The fourth-order valence-electron chi connectivity index (χ4n) is 3.08. The van der Waals surface area contributed by atoms with Crippen molar-refractivity contribution < 1.29 is 9.90 Å². The number of imidazole rings is 1. The Balaban J connectivity index is 1.96. The number of amides is 1. The molecule has 0 bridgehead atoms. The summed E-state index contributed by atoms with van der Waals surface area (Å²) in [7, 11) is 0. The maximum atomic E-state index is 11.0. The van der Waals surface area contributed by atoms with E-state index in [4.69, 9.17) is 10.8 Å². The Morgan fingerprint density at radius 3 is 2.67 bits per heavy atom. The summed E-state index contributed by atoms with van der Waals surface area (Å²) in [4.78, 5) is 17.1. The van der Waals surface area contributed by atoms with E-state index < -0.39 is 6.09 Å². The standard InChI is InChI=1S/C15H20N4O2/c1-10(16)14-17-12-4-2-3-5-13(12)19(14)11-6-8-18(9-7-11)15(20)21/h2-5,10-11H,6-9,16H2,1H3,(H,20,21)/t10-/m0/s1. The zero-order valence-electron chi connectivity index (χ0n) is 12.1. The number of piperidine rings is 1. The molecule has 2 heterocycles. The first-order valence-electron chi connectivity index (χ1n) is 7.28. The number of rotatable bonds is 2. The number of para-hydroxylation sites is 2. The smallest absolute Gasteiger partial charge is 0.407 e. The summed E-state index contributed by atoms with van der Waals surface area (Å²) in [6, 6.07) is 8.13. The number of benzene rings is 1. The third-order valence-corrected chi connectivity index (χ3v) is 4.13. The highest BCUT2D eigenvalue weighted by molar-refractivity contribution is 5.76. The molecule has 1 aromatic carbocycles. The SMILES string of the molecule is C[C@H](N)c1nc2ccccc2n1C1CCN(C(=O)O)CC1. The number of nitrogens with two attached hydrogens (primary N) is 1. The van der Waals surface area contributed by atoms with E-state index in [0.29, 0.717) is 13.1 Å². The lowest BCUT2D eigenvalue weighted by atomic mass is 10.0. The first-order valence-corrected chi connectivity index (χ1v) is 7.28. The van der Waals surface area contributed by atoms with E-state index in [-0.39, 0.29) is 12.1 Å². The molecule has 3 N–H and O–H groups in total. The van der Waals surface area contributed by atoms with Crippen LogP contribution in [-0.4, -0.2) is 38.7 Å². The Morgan fingerprint density at radius 1 is 1.38 bits per heavy atom. The van der Waals surface area contributed by atoms with Crippen molar-refractivity contribution in [2.75, 3.05) is 13.1 Å². The van der Waals surface area contributed by atoms with Crippen LogP contribution < -0.4 is 5.73 Å². The van der Waals surface area contributed by atoms with Crippen LogP contribution in [-0.2, 0) is 0 Å². The van der Waals surface area contributed by atoms with Gasteiger partial charge in [0.15, 0.2) is 0 Å². The molecule has 1 aliphatic heterocycles. The first kappa shape index (κ1) is 13.9. The summed E-state index contributed by atoms with van der Waals surface area (Å²) in [6.45, 7) is 3.06. The van der Waals surface area contributed by atoms with Crippen LogP contribution in [0.1, 0.15) is 37.7 Å². The van der Waals surface area contributed by atoms with Crippen molar-refractivity contribution in [2.45, 2.75) is 31.8 Å². The Hall–Kier alpha value is -2.08. The molecule has 1 aliphatic rings. The van der Waals surface area contributed by atoms with Crippen LogP contribution in [0.25, 0.3) is 11.0 Å². The highest BCUT2D eigenvalue weighted by atomic mass is 16.4. The summed E-state index contributed by atoms with van der Waals surface area (Å²) in [5.74, 6) is 0.880. The molecule has 1 saturated heterocycles. The van der Waals surface area contributed by atoms with Crippen molar-refractivity contribution in [1.82, 2.24) is 14.5 Å². The van der Waals surface area contributed by atoms with Gasteiger partial charge in [-0.1, -0.05) is 12.1 Å². The molecule has 1 aromatic heterocycles. The van der Waals surface area contributed by atoms with Crippen molar-refractivity contribution in [2.24, 2.45) is 5.73 Å². The average molecular weight is 288 g/mol. The molecule has 0 unspecified atom stereocenters. The van der Waals surface area contributed by atoms with Crippen LogP contribution in [0, 0.1) is 0 Å². The Kier molecular flexibility index (Phi) is 3.55. The second-order valence-corrected chi connectivity index (χ2v) is 5.62. The zero-order chi connectivity index (χ0) is 15.0. The zero-order valence-corrected chi connectivity index (χ0v) is 12.1. The lowest BCUT2D eigenvalue weighted by Gasteiger charge is -2.32. The minimum Gasteiger partial charge on any atom is -0.465 e. The predicted molar refractivity (Wildman–Crippen MR) is 80.2 cm³/mol. The molecule has 6 nitrogen and oxygen atoms in total. The number of hydrogen-bond acceptors (Lipinski definition) is 3. The van der Waals surface area contributed by atoms with Crippen LogP contribution in [0.15, 0.2) is 24.3 Å². The van der Waals surface area contributed by atoms with E-state index in [0.717, 1.165) is 29.7 Å². The molecule has 0 spiro atoms. The lowest BCUT2D eigenvalue weighted by Crippen LogP contribution is -2.38. The fraction of sp³-hybridized carbons (Fsp3) is 0.467. The first-order chi connectivity index (χ1) is 10.1. The van der Waals surface area contributed by atoms with Gasteiger partial charge in [0.25, 0.3) is 0 Å². The molecular weight excluding hydrogens is 268 g/mol. The molecule has 6 heteroatoms. The monoisotopic (exact) mass is 288 g/mol. The van der Waals surface area contributed by atoms with E-state index in [9.17, 15) is 4.79 Å². The molecule has 1 fully saturated rings. The number of aromatic nitrogens is 2. The van der Waals surface area contributed by atoms with E-state index in [1.807, 2.05) is 25.1 Å². The largest absolute Gasteiger partial charge is 0.465 e. The second kappa shape index (κ2) is 5.37. The summed E-state index contributed by atoms with van der Waals surface area (Å²) < 4.78 is 2.21. The summed E-state index contributed by atoms with van der Waals surface area (Å²) in [5, 5.41) is 9.06. The number of nitrogens with zero attached hydrogens (tertiary/aromatic N) is 3. The van der Waals surface area contributed by atoms with Crippen molar-refractivity contribution in [1.29, 1.82) is 0 Å². The lowest BCUT2D eigenvalue weighted by molar-refractivity contribution is 0.125. The van der Waals surface area contributed by atoms with Crippen LogP contribution in [0.4, 0.5) is 4.79 Å². The van der Waals surface area contributed by atoms with Gasteiger partial charge in [0.2, 0.25) is 0 Å². The van der Waals surface area contributed by atoms with Crippen molar-refractivity contribution in [3.63, 3.8) is 0 Å². The van der Waals surface area contributed by atoms with E-state index >= 15 is 0 Å². The molecule has 1 amide bonds. The molecule has 0 aliphatic carbocycles. The van der Waals surface area contributed by atoms with Crippen LogP contribution in [0.2, 0.25) is 0 Å². The van der Waals surface area contributed by atoms with Gasteiger partial charge in [-0.15, -0.1) is 0 Å². The van der Waals surface area contributed by atoms with Crippen molar-refractivity contribution >= 4 is 17.1 Å². The Labute approximate surface area is 123 Å². The van der Waals surface area contributed by atoms with Crippen molar-refractivity contribution in [3.8, 4) is 0 Å². The predicted octanol–water partition coefficient (Wildman–Crippen LogP) is 2.37. The van der Waals surface area contributed by atoms with E-state index in [2.05, 4.69) is 15.6 Å². The van der Waals surface area contributed by atoms with Crippen LogP contribution in [0.5, 0.6) is 0 Å². The third-order valence-electron chi connectivity index (χ3n) is 4.13. The molecule has 2 aromatic rings. The van der Waals surface area contributed by atoms with Crippen molar-refractivity contribution in [3.05, 3.63) is 30.1 Å². The van der Waals surface area contributed by atoms with Crippen LogP contribution >= 0.6 is 0 Å². The second-order valence-electron chi connectivity index (χ2n) is 5.62. The molecule has 21 heavy (non-hydrogen) atoms. The number of fused-ring (bicyclic) bond motifs is 1. The highest BCUT2D eigenvalue weighted by Gasteiger charge is 2.27. The summed E-state index contributed by atoms with van der Waals surface area (Å²) in [6.07, 6.45) is 0.759. The molecule has 3 rings (SSSR count). The maximum absolute atomic E-state index is 11.0. The fourth-order valence-corrected chi connectivity index (χ4v) is 3.08. The molecule has 0 radical (unpaired) electrons. The van der Waals surface area contributed by atoms with Gasteiger partial charge in [0.05, 0.1) is 17.1 Å². The minimum absolute atomic E-state index is 0.144. The van der Waals surface area contributed by atoms with E-state index in [1.54, 1.807) is 0 Å². The van der Waals surface area contributed by atoms with Gasteiger partial charge in [-0.25, -0.2) is 9.78 Å². The molecule has 112 valence electrons. The Morgan fingerprint density at radius 2 is 2.05 bits per heavy atom. The number of likely N-dealkylation sites (tertiary alicyclic amines) is 1. The maximum Gasteiger partial charge on any atom is 0.407 e. The molecule has 0 saturated carbocycles.